The van der Waals surface area contributed by atoms with Crippen molar-refractivity contribution in [2.24, 2.45) is 0 Å². The van der Waals surface area contributed by atoms with E-state index >= 15 is 0 Å². The summed E-state index contributed by atoms with van der Waals surface area (Å²) in [5, 5.41) is 13.9. The average molecular weight is 424 g/mol. The summed E-state index contributed by atoms with van der Waals surface area (Å²) in [6.45, 7) is 0.426. The molecule has 0 atom stereocenters. The lowest BCUT2D eigenvalue weighted by Crippen LogP contribution is -2.18. The zero-order valence-corrected chi connectivity index (χ0v) is 16.7. The van der Waals surface area contributed by atoms with E-state index in [9.17, 15) is 9.90 Å². The fourth-order valence-electron chi connectivity index (χ4n) is 3.17. The van der Waals surface area contributed by atoms with Gasteiger partial charge in [-0.05, 0) is 35.9 Å². The molecule has 0 fully saturated rings. The third kappa shape index (κ3) is 3.72. The number of imidazole rings is 1. The number of benzene rings is 2. The number of nitrogen functional groups attached to an aromatic ring is 1. The first-order valence-corrected chi connectivity index (χ1v) is 9.37. The first-order chi connectivity index (χ1) is 14.5. The van der Waals surface area contributed by atoms with Crippen LogP contribution in [0.3, 0.4) is 0 Å². The molecule has 0 saturated heterocycles. The average Bonchev–Trinajstić information content (AvgIpc) is 3.12. The highest BCUT2D eigenvalue weighted by atomic mass is 35.5. The Hall–Kier alpha value is -3.78. The van der Waals surface area contributed by atoms with Crippen LogP contribution in [0, 0.1) is 0 Å². The molecule has 4 rings (SSSR count). The first kappa shape index (κ1) is 19.5. The maximum absolute atomic E-state index is 11.5. The topological polar surface area (TPSA) is 106 Å². The van der Waals surface area contributed by atoms with Gasteiger partial charge in [0.1, 0.15) is 11.6 Å². The van der Waals surface area contributed by atoms with Crippen LogP contribution in [0.4, 0.5) is 17.2 Å². The van der Waals surface area contributed by atoms with Crippen LogP contribution < -0.4 is 15.4 Å². The number of aromatic nitrogens is 3. The molecule has 0 aliphatic heterocycles. The minimum absolute atomic E-state index is 0.172. The van der Waals surface area contributed by atoms with E-state index in [2.05, 4.69) is 10.1 Å². The molecule has 3 N–H and O–H groups in total. The van der Waals surface area contributed by atoms with Gasteiger partial charge in [0.15, 0.2) is 10.8 Å². The number of carbonyl (C=O) groups is 1. The van der Waals surface area contributed by atoms with Crippen LogP contribution in [-0.4, -0.2) is 32.8 Å². The highest BCUT2D eigenvalue weighted by molar-refractivity contribution is 6.29. The van der Waals surface area contributed by atoms with Gasteiger partial charge in [0, 0.05) is 18.3 Å². The number of fused-ring (bicyclic) bond motifs is 1. The summed E-state index contributed by atoms with van der Waals surface area (Å²) < 4.78 is 6.69. The van der Waals surface area contributed by atoms with Crippen LogP contribution in [0.1, 0.15) is 15.9 Å². The second-order valence-corrected chi connectivity index (χ2v) is 6.95. The number of aromatic carboxylic acids is 1. The van der Waals surface area contributed by atoms with Crippen LogP contribution in [0.25, 0.3) is 5.65 Å². The minimum Gasteiger partial charge on any atom is -0.497 e. The Kier molecular flexibility index (Phi) is 5.16. The maximum atomic E-state index is 11.5. The number of hydrogen-bond donors (Lipinski definition) is 2. The summed E-state index contributed by atoms with van der Waals surface area (Å²) in [6, 6.07) is 15.9. The lowest BCUT2D eigenvalue weighted by atomic mass is 10.1. The molecule has 4 aromatic rings. The second kappa shape index (κ2) is 7.92. The normalized spacial score (nSPS) is 10.9. The van der Waals surface area contributed by atoms with E-state index in [0.29, 0.717) is 29.4 Å². The minimum atomic E-state index is -1.01. The molecule has 0 bridgehead atoms. The predicted octanol–water partition coefficient (Wildman–Crippen LogP) is 4.01. The molecule has 2 aromatic carbocycles. The van der Waals surface area contributed by atoms with Gasteiger partial charge in [0.25, 0.3) is 0 Å². The molecule has 30 heavy (non-hydrogen) atoms. The summed E-state index contributed by atoms with van der Waals surface area (Å²) in [5.41, 5.74) is 8.93. The fraction of sp³-hybridized carbons (Fsp3) is 0.0952. The summed E-state index contributed by atoms with van der Waals surface area (Å²) in [6.07, 6.45) is 1.50. The van der Waals surface area contributed by atoms with E-state index < -0.39 is 5.97 Å². The van der Waals surface area contributed by atoms with Gasteiger partial charge in [-0.3, -0.25) is 0 Å². The van der Waals surface area contributed by atoms with Crippen molar-refractivity contribution in [3.63, 3.8) is 0 Å². The number of halogens is 1. The molecule has 0 spiro atoms. The molecule has 0 amide bonds. The number of nitrogens with two attached hydrogens (primary N) is 1. The Morgan fingerprint density at radius 2 is 2.00 bits per heavy atom. The standard InChI is InChI=1S/C21H18ClN5O3/c1-30-16-7-5-13(6-8-16)12-26(15-4-2-3-14(9-15)21(28)29)17-10-18(22)25-27-19(23)11-24-20(17)27/h2-11H,12,23H2,1H3,(H,28,29). The van der Waals surface area contributed by atoms with Crippen molar-refractivity contribution in [3.8, 4) is 5.75 Å². The Bertz CT molecular complexity index is 1220. The van der Waals surface area contributed by atoms with Crippen LogP contribution in [-0.2, 0) is 6.54 Å². The Morgan fingerprint density at radius 1 is 1.23 bits per heavy atom. The second-order valence-electron chi connectivity index (χ2n) is 6.56. The molecular weight excluding hydrogens is 406 g/mol. The number of rotatable bonds is 6. The van der Waals surface area contributed by atoms with E-state index in [-0.39, 0.29) is 10.7 Å². The Balaban J connectivity index is 1.87. The molecule has 9 heteroatoms. The van der Waals surface area contributed by atoms with Crippen LogP contribution in [0.5, 0.6) is 5.75 Å². The number of hydrogen-bond acceptors (Lipinski definition) is 6. The SMILES string of the molecule is COc1ccc(CN(c2cccc(C(=O)O)c2)c2cc(Cl)nn3c(N)cnc23)cc1. The highest BCUT2D eigenvalue weighted by Crippen LogP contribution is 2.33. The largest absolute Gasteiger partial charge is 0.497 e. The number of anilines is 3. The van der Waals surface area contributed by atoms with E-state index in [1.54, 1.807) is 31.4 Å². The van der Waals surface area contributed by atoms with Gasteiger partial charge in [-0.25, -0.2) is 9.78 Å². The van der Waals surface area contributed by atoms with Crippen LogP contribution >= 0.6 is 11.6 Å². The first-order valence-electron chi connectivity index (χ1n) is 9.00. The van der Waals surface area contributed by atoms with Crippen molar-refractivity contribution in [1.82, 2.24) is 14.6 Å². The monoisotopic (exact) mass is 423 g/mol. The molecule has 0 aliphatic carbocycles. The number of methoxy groups -OCH3 is 1. The van der Waals surface area contributed by atoms with Gasteiger partial charge in [-0.1, -0.05) is 29.8 Å². The molecular formula is C21H18ClN5O3. The van der Waals surface area contributed by atoms with Gasteiger partial charge < -0.3 is 20.5 Å². The molecule has 0 unspecified atom stereocenters. The molecule has 8 nitrogen and oxygen atoms in total. The number of nitrogens with zero attached hydrogens (tertiary/aromatic N) is 4. The van der Waals surface area contributed by atoms with Crippen molar-refractivity contribution in [2.75, 3.05) is 17.7 Å². The molecule has 0 radical (unpaired) electrons. The zero-order chi connectivity index (χ0) is 21.3. The Labute approximate surface area is 177 Å². The molecule has 0 saturated carbocycles. The molecule has 152 valence electrons. The maximum Gasteiger partial charge on any atom is 0.335 e. The molecule has 2 heterocycles. The fourth-order valence-corrected chi connectivity index (χ4v) is 3.35. The quantitative estimate of drug-likeness (QED) is 0.482. The lowest BCUT2D eigenvalue weighted by Gasteiger charge is -2.26. The van der Waals surface area contributed by atoms with Crippen molar-refractivity contribution >= 4 is 40.4 Å². The van der Waals surface area contributed by atoms with Gasteiger partial charge in [0.05, 0.1) is 24.6 Å². The van der Waals surface area contributed by atoms with Gasteiger partial charge in [0.2, 0.25) is 0 Å². The van der Waals surface area contributed by atoms with E-state index in [1.807, 2.05) is 35.2 Å². The number of carboxylic acids is 1. The van der Waals surface area contributed by atoms with Crippen molar-refractivity contribution in [1.29, 1.82) is 0 Å². The number of ether oxygens (including phenoxy) is 1. The van der Waals surface area contributed by atoms with Gasteiger partial charge in [-0.2, -0.15) is 9.61 Å². The van der Waals surface area contributed by atoms with Crippen molar-refractivity contribution in [2.45, 2.75) is 6.54 Å². The van der Waals surface area contributed by atoms with Crippen molar-refractivity contribution < 1.29 is 14.6 Å². The highest BCUT2D eigenvalue weighted by Gasteiger charge is 2.19. The van der Waals surface area contributed by atoms with Gasteiger partial charge in [-0.15, -0.1) is 0 Å². The van der Waals surface area contributed by atoms with Crippen LogP contribution in [0.15, 0.2) is 60.8 Å². The van der Waals surface area contributed by atoms with Gasteiger partial charge >= 0.3 is 5.97 Å². The van der Waals surface area contributed by atoms with E-state index in [4.69, 9.17) is 22.1 Å². The predicted molar refractivity (Wildman–Crippen MR) is 115 cm³/mol. The third-order valence-electron chi connectivity index (χ3n) is 4.64. The number of carboxylic acid groups (broad SMARTS) is 1. The smallest absolute Gasteiger partial charge is 0.335 e. The summed E-state index contributed by atoms with van der Waals surface area (Å²) in [4.78, 5) is 17.8. The molecule has 0 aliphatic rings. The third-order valence-corrected chi connectivity index (χ3v) is 4.82. The summed E-state index contributed by atoms with van der Waals surface area (Å²) in [5.74, 6) is 0.0789. The van der Waals surface area contributed by atoms with E-state index in [0.717, 1.165) is 11.3 Å². The lowest BCUT2D eigenvalue weighted by molar-refractivity contribution is 0.0697. The zero-order valence-electron chi connectivity index (χ0n) is 16.0. The van der Waals surface area contributed by atoms with Crippen molar-refractivity contribution in [3.05, 3.63) is 77.1 Å². The summed E-state index contributed by atoms with van der Waals surface area (Å²) in [7, 11) is 1.61. The Morgan fingerprint density at radius 3 is 2.70 bits per heavy atom. The van der Waals surface area contributed by atoms with Crippen LogP contribution in [0.2, 0.25) is 5.15 Å². The summed E-state index contributed by atoms with van der Waals surface area (Å²) >= 11 is 6.26. The van der Waals surface area contributed by atoms with E-state index in [1.165, 1.54) is 10.7 Å². The molecule has 2 aromatic heterocycles.